The first-order valence-corrected chi connectivity index (χ1v) is 11.5. The van der Waals surface area contributed by atoms with Crippen molar-refractivity contribution in [3.63, 3.8) is 0 Å². The smallest absolute Gasteiger partial charge is 0.355 e. The van der Waals surface area contributed by atoms with Gasteiger partial charge < -0.3 is 14.8 Å². The summed E-state index contributed by atoms with van der Waals surface area (Å²) in [5.74, 6) is -1.55. The number of aromatic carboxylic acids is 2. The van der Waals surface area contributed by atoms with E-state index in [0.717, 1.165) is 23.8 Å². The van der Waals surface area contributed by atoms with Crippen LogP contribution in [-0.4, -0.2) is 41.5 Å². The zero-order valence-electron chi connectivity index (χ0n) is 17.6. The number of carboxylic acid groups (broad SMARTS) is 2. The second-order valence-electron chi connectivity index (χ2n) is 7.54. The average molecular weight is 532 g/mol. The molecular weight excluding hydrogens is 512 g/mol. The van der Waals surface area contributed by atoms with Crippen LogP contribution in [0.3, 0.4) is 0 Å². The molecule has 2 aromatic heterocycles. The van der Waals surface area contributed by atoms with Crippen LogP contribution >= 0.6 is 27.5 Å². The van der Waals surface area contributed by atoms with Crippen molar-refractivity contribution in [1.82, 2.24) is 19.3 Å². The van der Waals surface area contributed by atoms with Crippen LogP contribution < -0.4 is 0 Å². The highest BCUT2D eigenvalue weighted by Gasteiger charge is 2.22. The van der Waals surface area contributed by atoms with Crippen molar-refractivity contribution in [2.24, 2.45) is 0 Å². The number of halogens is 2. The van der Waals surface area contributed by atoms with Crippen molar-refractivity contribution in [1.29, 1.82) is 0 Å². The number of imidazole rings is 1. The molecule has 170 valence electrons. The van der Waals surface area contributed by atoms with E-state index < -0.39 is 11.9 Å². The number of hydrogen-bond acceptors (Lipinski definition) is 4. The molecule has 10 heteroatoms. The SMILES string of the molecule is CCCCc1nc(Cl)c(C(=O)O)n1Cc1ccc2nn(-c3ccccc3C(=O)O)c(Br)c2c1. The minimum absolute atomic E-state index is 0.0195. The minimum Gasteiger partial charge on any atom is -0.478 e. The molecule has 8 nitrogen and oxygen atoms in total. The van der Waals surface area contributed by atoms with Crippen molar-refractivity contribution in [2.75, 3.05) is 0 Å². The molecule has 2 heterocycles. The average Bonchev–Trinajstić information content (AvgIpc) is 3.28. The first kappa shape index (κ1) is 23.0. The van der Waals surface area contributed by atoms with Crippen LogP contribution in [0.4, 0.5) is 0 Å². The zero-order valence-corrected chi connectivity index (χ0v) is 20.0. The van der Waals surface area contributed by atoms with Gasteiger partial charge in [-0.15, -0.1) is 0 Å². The molecule has 2 aromatic carbocycles. The lowest BCUT2D eigenvalue weighted by atomic mass is 10.1. The summed E-state index contributed by atoms with van der Waals surface area (Å²) in [5.41, 5.74) is 2.03. The fourth-order valence-electron chi connectivity index (χ4n) is 3.75. The Morgan fingerprint density at radius 3 is 2.58 bits per heavy atom. The van der Waals surface area contributed by atoms with E-state index in [9.17, 15) is 19.8 Å². The lowest BCUT2D eigenvalue weighted by Crippen LogP contribution is -2.13. The number of hydrogen-bond donors (Lipinski definition) is 2. The molecule has 0 unspecified atom stereocenters. The number of carbonyl (C=O) groups is 2. The molecule has 4 aromatic rings. The van der Waals surface area contributed by atoms with Gasteiger partial charge in [-0.3, -0.25) is 0 Å². The molecule has 0 aliphatic carbocycles. The largest absolute Gasteiger partial charge is 0.478 e. The van der Waals surface area contributed by atoms with Gasteiger partial charge in [0.1, 0.15) is 10.4 Å². The monoisotopic (exact) mass is 530 g/mol. The Kier molecular flexibility index (Phi) is 6.53. The van der Waals surface area contributed by atoms with Crippen LogP contribution in [0.5, 0.6) is 0 Å². The van der Waals surface area contributed by atoms with Gasteiger partial charge in [0.25, 0.3) is 0 Å². The number of fused-ring (bicyclic) bond motifs is 1. The maximum Gasteiger partial charge on any atom is 0.355 e. The number of rotatable bonds is 8. The number of aryl methyl sites for hydroxylation is 1. The summed E-state index contributed by atoms with van der Waals surface area (Å²) in [6.07, 6.45) is 2.44. The summed E-state index contributed by atoms with van der Waals surface area (Å²) in [5, 5.41) is 24.5. The van der Waals surface area contributed by atoms with Gasteiger partial charge >= 0.3 is 11.9 Å². The van der Waals surface area contributed by atoms with E-state index in [2.05, 4.69) is 32.9 Å². The number of carboxylic acids is 2. The van der Waals surface area contributed by atoms with Crippen molar-refractivity contribution in [3.8, 4) is 5.69 Å². The third kappa shape index (κ3) is 4.38. The summed E-state index contributed by atoms with van der Waals surface area (Å²) >= 11 is 9.70. The van der Waals surface area contributed by atoms with E-state index in [0.29, 0.717) is 28.1 Å². The number of unbranched alkanes of at least 4 members (excludes halogenated alkanes) is 1. The first-order valence-electron chi connectivity index (χ1n) is 10.3. The number of aromatic nitrogens is 4. The van der Waals surface area contributed by atoms with Crippen LogP contribution in [-0.2, 0) is 13.0 Å². The highest BCUT2D eigenvalue weighted by Crippen LogP contribution is 2.30. The molecule has 0 radical (unpaired) electrons. The summed E-state index contributed by atoms with van der Waals surface area (Å²) in [6, 6.07) is 12.2. The van der Waals surface area contributed by atoms with Gasteiger partial charge in [-0.05, 0) is 52.2 Å². The molecule has 0 atom stereocenters. The number of nitrogens with zero attached hydrogens (tertiary/aromatic N) is 4. The third-order valence-corrected chi connectivity index (χ3v) is 6.37. The normalized spacial score (nSPS) is 11.2. The second kappa shape index (κ2) is 9.36. The molecule has 0 fully saturated rings. The molecule has 0 saturated heterocycles. The second-order valence-corrected chi connectivity index (χ2v) is 8.65. The van der Waals surface area contributed by atoms with E-state index in [4.69, 9.17) is 11.6 Å². The number of benzene rings is 2. The van der Waals surface area contributed by atoms with Gasteiger partial charge in [-0.1, -0.05) is 43.1 Å². The van der Waals surface area contributed by atoms with Gasteiger partial charge in [0.15, 0.2) is 10.8 Å². The van der Waals surface area contributed by atoms with Gasteiger partial charge in [0.05, 0.1) is 16.8 Å². The highest BCUT2D eigenvalue weighted by atomic mass is 79.9. The Labute approximate surface area is 202 Å². The van der Waals surface area contributed by atoms with Gasteiger partial charge in [0, 0.05) is 18.4 Å². The molecular formula is C23H20BrClN4O4. The first-order chi connectivity index (χ1) is 15.8. The van der Waals surface area contributed by atoms with Crippen LogP contribution in [0.15, 0.2) is 47.1 Å². The molecule has 0 aliphatic heterocycles. The highest BCUT2D eigenvalue weighted by molar-refractivity contribution is 9.10. The third-order valence-electron chi connectivity index (χ3n) is 5.34. The van der Waals surface area contributed by atoms with E-state index in [1.165, 1.54) is 6.07 Å². The Balaban J connectivity index is 1.78. The van der Waals surface area contributed by atoms with Crippen LogP contribution in [0, 0.1) is 0 Å². The predicted molar refractivity (Wildman–Crippen MR) is 128 cm³/mol. The maximum atomic E-state index is 11.8. The molecule has 0 spiro atoms. The fraction of sp³-hybridized carbons (Fsp3) is 0.217. The van der Waals surface area contributed by atoms with Crippen LogP contribution in [0.2, 0.25) is 5.15 Å². The lowest BCUT2D eigenvalue weighted by Gasteiger charge is -2.10. The molecule has 0 amide bonds. The lowest BCUT2D eigenvalue weighted by molar-refractivity contribution is 0.0679. The molecule has 0 bridgehead atoms. The summed E-state index contributed by atoms with van der Waals surface area (Å²) < 4.78 is 3.78. The van der Waals surface area contributed by atoms with E-state index >= 15 is 0 Å². The molecule has 33 heavy (non-hydrogen) atoms. The fourth-order valence-corrected chi connectivity index (χ4v) is 4.62. The summed E-state index contributed by atoms with van der Waals surface area (Å²) in [7, 11) is 0. The van der Waals surface area contributed by atoms with Crippen LogP contribution in [0.25, 0.3) is 16.6 Å². The Bertz CT molecular complexity index is 1380. The molecule has 0 aliphatic rings. The summed E-state index contributed by atoms with van der Waals surface area (Å²) in [6.45, 7) is 2.33. The van der Waals surface area contributed by atoms with Crippen LogP contribution in [0.1, 0.15) is 52.0 Å². The standard InChI is InChI=1S/C23H20BrClN4O4/c1-2-3-8-18-26-21(25)19(23(32)33)28(18)12-13-9-10-16-15(11-13)20(24)29(27-16)17-7-5-4-6-14(17)22(30)31/h4-7,9-11H,2-3,8,12H2,1H3,(H,30,31)(H,32,33). The molecule has 0 saturated carbocycles. The quantitative estimate of drug-likeness (QED) is 0.314. The predicted octanol–water partition coefficient (Wildman–Crippen LogP) is 5.43. The number of para-hydroxylation sites is 1. The zero-order chi connectivity index (χ0) is 23.7. The summed E-state index contributed by atoms with van der Waals surface area (Å²) in [4.78, 5) is 27.8. The Morgan fingerprint density at radius 2 is 1.88 bits per heavy atom. The van der Waals surface area contributed by atoms with E-state index in [1.807, 2.05) is 18.2 Å². The molecule has 2 N–H and O–H groups in total. The van der Waals surface area contributed by atoms with E-state index in [-0.39, 0.29) is 23.0 Å². The topological polar surface area (TPSA) is 110 Å². The molecule has 4 rings (SSSR count). The Morgan fingerprint density at radius 1 is 1.12 bits per heavy atom. The Hall–Kier alpha value is -3.17. The van der Waals surface area contributed by atoms with Crippen molar-refractivity contribution >= 4 is 50.4 Å². The van der Waals surface area contributed by atoms with E-state index in [1.54, 1.807) is 27.4 Å². The maximum absolute atomic E-state index is 11.8. The van der Waals surface area contributed by atoms with Gasteiger partial charge in [0.2, 0.25) is 0 Å². The van der Waals surface area contributed by atoms with Crippen molar-refractivity contribution < 1.29 is 19.8 Å². The van der Waals surface area contributed by atoms with Crippen molar-refractivity contribution in [2.45, 2.75) is 32.7 Å². The van der Waals surface area contributed by atoms with Crippen molar-refractivity contribution in [3.05, 3.63) is 74.9 Å². The van der Waals surface area contributed by atoms with Gasteiger partial charge in [-0.2, -0.15) is 5.10 Å². The van der Waals surface area contributed by atoms with Gasteiger partial charge in [-0.25, -0.2) is 19.3 Å². The minimum atomic E-state index is -1.13.